The van der Waals surface area contributed by atoms with Gasteiger partial charge in [0.1, 0.15) is 12.4 Å². The summed E-state index contributed by atoms with van der Waals surface area (Å²) in [5.41, 5.74) is 3.05. The van der Waals surface area contributed by atoms with Crippen LogP contribution in [0.5, 0.6) is 5.75 Å². The van der Waals surface area contributed by atoms with Crippen molar-refractivity contribution in [1.29, 1.82) is 0 Å². The van der Waals surface area contributed by atoms with Crippen LogP contribution in [0.1, 0.15) is 28.8 Å². The molecule has 23 heavy (non-hydrogen) atoms. The van der Waals surface area contributed by atoms with Crippen LogP contribution in [0.2, 0.25) is 0 Å². The molecule has 0 bridgehead atoms. The summed E-state index contributed by atoms with van der Waals surface area (Å²) < 4.78 is 5.57. The highest BCUT2D eigenvalue weighted by Gasteiger charge is 2.33. The van der Waals surface area contributed by atoms with Crippen LogP contribution in [0.3, 0.4) is 0 Å². The van der Waals surface area contributed by atoms with Gasteiger partial charge in [-0.2, -0.15) is 0 Å². The summed E-state index contributed by atoms with van der Waals surface area (Å²) in [6, 6.07) is 14.7. The van der Waals surface area contributed by atoms with Crippen molar-refractivity contribution in [2.75, 3.05) is 6.61 Å². The Morgan fingerprint density at radius 1 is 1.04 bits per heavy atom. The van der Waals surface area contributed by atoms with E-state index in [1.807, 2.05) is 48.5 Å². The molecule has 0 fully saturated rings. The molecule has 0 saturated carbocycles. The van der Waals surface area contributed by atoms with E-state index in [0.29, 0.717) is 13.0 Å². The molecule has 2 amide bonds. The van der Waals surface area contributed by atoms with Crippen molar-refractivity contribution in [2.24, 2.45) is 0 Å². The van der Waals surface area contributed by atoms with Crippen molar-refractivity contribution < 1.29 is 14.6 Å². The monoisotopic (exact) mass is 310 g/mol. The van der Waals surface area contributed by atoms with E-state index in [4.69, 9.17) is 4.74 Å². The highest BCUT2D eigenvalue weighted by molar-refractivity contribution is 5.75. The number of carbonyl (C=O) groups excluding carboxylic acids is 1. The van der Waals surface area contributed by atoms with E-state index >= 15 is 0 Å². The molecule has 5 heteroatoms. The largest absolute Gasteiger partial charge is 0.491 e. The highest BCUT2D eigenvalue weighted by Crippen LogP contribution is 2.33. The molecule has 5 nitrogen and oxygen atoms in total. The minimum absolute atomic E-state index is 0.167. The Morgan fingerprint density at radius 3 is 2.65 bits per heavy atom. The second-order valence-corrected chi connectivity index (χ2v) is 5.97. The highest BCUT2D eigenvalue weighted by atomic mass is 16.5. The van der Waals surface area contributed by atoms with Crippen molar-refractivity contribution in [3.63, 3.8) is 0 Å². The number of hydrogen-bond acceptors (Lipinski definition) is 3. The number of carbonyl (C=O) groups is 1. The maximum absolute atomic E-state index is 12.3. The first-order valence-electron chi connectivity index (χ1n) is 7.77. The van der Waals surface area contributed by atoms with Gasteiger partial charge < -0.3 is 20.5 Å². The third kappa shape index (κ3) is 2.53. The Morgan fingerprint density at radius 2 is 1.78 bits per heavy atom. The molecule has 2 aliphatic rings. The number of amides is 2. The number of fused-ring (bicyclic) bond motifs is 2. The lowest BCUT2D eigenvalue weighted by molar-refractivity contribution is 0.141. The van der Waals surface area contributed by atoms with E-state index in [9.17, 15) is 9.90 Å². The summed E-state index contributed by atoms with van der Waals surface area (Å²) in [5.74, 6) is 0.809. The number of rotatable bonds is 2. The molecular formula is C18H18N2O3. The van der Waals surface area contributed by atoms with Crippen LogP contribution in [-0.2, 0) is 6.42 Å². The molecular weight excluding hydrogens is 292 g/mol. The predicted octanol–water partition coefficient (Wildman–Crippen LogP) is 2.08. The van der Waals surface area contributed by atoms with E-state index in [0.717, 1.165) is 22.4 Å². The molecule has 2 aromatic rings. The molecule has 1 aliphatic carbocycles. The number of aliphatic hydroxyl groups excluding tert-OH is 1. The third-order valence-electron chi connectivity index (χ3n) is 4.50. The molecule has 2 aromatic carbocycles. The molecule has 1 heterocycles. The minimum Gasteiger partial charge on any atom is -0.491 e. The summed E-state index contributed by atoms with van der Waals surface area (Å²) >= 11 is 0. The van der Waals surface area contributed by atoms with Crippen LogP contribution >= 0.6 is 0 Å². The van der Waals surface area contributed by atoms with Gasteiger partial charge in [-0.1, -0.05) is 42.5 Å². The molecule has 0 spiro atoms. The standard InChI is InChI=1S/C18H18N2O3/c21-15-9-11-5-1-2-6-12(11)17(15)20-18(22)19-14-10-23-16-8-4-3-7-13(14)16/h1-8,14-15,17,21H,9-10H2,(H2,19,20,22). The normalized spacial score (nSPS) is 24.5. The second kappa shape index (κ2) is 5.59. The molecule has 0 radical (unpaired) electrons. The van der Waals surface area contributed by atoms with E-state index in [1.165, 1.54) is 0 Å². The molecule has 3 unspecified atom stereocenters. The van der Waals surface area contributed by atoms with Gasteiger partial charge in [-0.05, 0) is 17.2 Å². The van der Waals surface area contributed by atoms with E-state index in [1.54, 1.807) is 0 Å². The van der Waals surface area contributed by atoms with Gasteiger partial charge in [0.05, 0.1) is 18.2 Å². The lowest BCUT2D eigenvalue weighted by atomic mass is 10.1. The number of benzene rings is 2. The van der Waals surface area contributed by atoms with Gasteiger partial charge in [-0.3, -0.25) is 0 Å². The van der Waals surface area contributed by atoms with Crippen molar-refractivity contribution in [3.05, 3.63) is 65.2 Å². The smallest absolute Gasteiger partial charge is 0.315 e. The third-order valence-corrected chi connectivity index (χ3v) is 4.50. The maximum atomic E-state index is 12.3. The van der Waals surface area contributed by atoms with Gasteiger partial charge in [-0.25, -0.2) is 4.79 Å². The number of urea groups is 1. The first kappa shape index (κ1) is 14.1. The Bertz CT molecular complexity index is 747. The van der Waals surface area contributed by atoms with Crippen molar-refractivity contribution >= 4 is 6.03 Å². The number of aliphatic hydroxyl groups is 1. The molecule has 118 valence electrons. The molecule has 1 aliphatic heterocycles. The fourth-order valence-electron chi connectivity index (χ4n) is 3.37. The number of nitrogens with one attached hydrogen (secondary N) is 2. The average Bonchev–Trinajstić information content (AvgIpc) is 3.10. The fraction of sp³-hybridized carbons (Fsp3) is 0.278. The first-order chi connectivity index (χ1) is 11.2. The van der Waals surface area contributed by atoms with E-state index < -0.39 is 6.10 Å². The van der Waals surface area contributed by atoms with Gasteiger partial charge >= 0.3 is 6.03 Å². The lowest BCUT2D eigenvalue weighted by Crippen LogP contribution is -2.42. The molecule has 4 rings (SSSR count). The van der Waals surface area contributed by atoms with E-state index in [-0.39, 0.29) is 18.1 Å². The zero-order valence-corrected chi connectivity index (χ0v) is 12.5. The topological polar surface area (TPSA) is 70.6 Å². The van der Waals surface area contributed by atoms with Gasteiger partial charge in [0.15, 0.2) is 0 Å². The Hall–Kier alpha value is -2.53. The summed E-state index contributed by atoms with van der Waals surface area (Å²) in [5, 5.41) is 16.0. The summed E-state index contributed by atoms with van der Waals surface area (Å²) in [7, 11) is 0. The Kier molecular flexibility index (Phi) is 3.42. The van der Waals surface area contributed by atoms with Gasteiger partial charge in [0, 0.05) is 12.0 Å². The number of para-hydroxylation sites is 1. The quantitative estimate of drug-likeness (QED) is 0.795. The van der Waals surface area contributed by atoms with Crippen molar-refractivity contribution in [3.8, 4) is 5.75 Å². The maximum Gasteiger partial charge on any atom is 0.315 e. The first-order valence-corrected chi connectivity index (χ1v) is 7.77. The second-order valence-electron chi connectivity index (χ2n) is 5.97. The van der Waals surface area contributed by atoms with Crippen LogP contribution < -0.4 is 15.4 Å². The number of ether oxygens (including phenoxy) is 1. The molecule has 3 N–H and O–H groups in total. The fourth-order valence-corrected chi connectivity index (χ4v) is 3.37. The van der Waals surface area contributed by atoms with Crippen molar-refractivity contribution in [1.82, 2.24) is 10.6 Å². The predicted molar refractivity (Wildman–Crippen MR) is 85.2 cm³/mol. The lowest BCUT2D eigenvalue weighted by Gasteiger charge is -2.20. The molecule has 0 saturated heterocycles. The van der Waals surface area contributed by atoms with Crippen LogP contribution in [-0.4, -0.2) is 23.8 Å². The Balaban J connectivity index is 1.45. The van der Waals surface area contributed by atoms with Crippen LogP contribution in [0.15, 0.2) is 48.5 Å². The van der Waals surface area contributed by atoms with Crippen LogP contribution in [0.4, 0.5) is 4.79 Å². The van der Waals surface area contributed by atoms with Gasteiger partial charge in [0.2, 0.25) is 0 Å². The zero-order valence-electron chi connectivity index (χ0n) is 12.5. The number of hydrogen-bond donors (Lipinski definition) is 3. The average molecular weight is 310 g/mol. The summed E-state index contributed by atoms with van der Waals surface area (Å²) in [6.07, 6.45) is -0.0264. The summed E-state index contributed by atoms with van der Waals surface area (Å²) in [6.45, 7) is 0.427. The zero-order chi connectivity index (χ0) is 15.8. The van der Waals surface area contributed by atoms with Crippen molar-refractivity contribution in [2.45, 2.75) is 24.6 Å². The SMILES string of the molecule is O=C(NC1COc2ccccc21)NC1c2ccccc2CC1O. The summed E-state index contributed by atoms with van der Waals surface area (Å²) in [4.78, 5) is 12.3. The Labute approximate surface area is 134 Å². The van der Waals surface area contributed by atoms with Gasteiger partial charge in [0.25, 0.3) is 0 Å². The molecule has 0 aromatic heterocycles. The van der Waals surface area contributed by atoms with Crippen LogP contribution in [0.25, 0.3) is 0 Å². The minimum atomic E-state index is -0.592. The molecule has 3 atom stereocenters. The van der Waals surface area contributed by atoms with Gasteiger partial charge in [-0.15, -0.1) is 0 Å². The van der Waals surface area contributed by atoms with E-state index in [2.05, 4.69) is 10.6 Å². The van der Waals surface area contributed by atoms with Crippen LogP contribution in [0, 0.1) is 0 Å².